The van der Waals surface area contributed by atoms with Crippen LogP contribution in [-0.4, -0.2) is 21.5 Å². The summed E-state index contributed by atoms with van der Waals surface area (Å²) in [5.74, 6) is 0. The van der Waals surface area contributed by atoms with Gasteiger partial charge < -0.3 is 0 Å². The number of carbonyl (C=O) groups excluding carboxylic acids is 1. The smallest absolute Gasteiger partial charge is 0.243 e. The van der Waals surface area contributed by atoms with E-state index in [0.29, 0.717) is 6.29 Å². The van der Waals surface area contributed by atoms with Crippen LogP contribution >= 0.6 is 11.6 Å². The van der Waals surface area contributed by atoms with Crippen molar-refractivity contribution in [2.24, 2.45) is 0 Å². The molecule has 0 atom stereocenters. The minimum atomic E-state index is -0.0143. The van der Waals surface area contributed by atoms with E-state index in [4.69, 9.17) is 11.6 Å². The first-order valence-electron chi connectivity index (χ1n) is 2.13. The van der Waals surface area contributed by atoms with Crippen molar-refractivity contribution < 1.29 is 4.79 Å². The van der Waals surface area contributed by atoms with Crippen LogP contribution in [0.25, 0.3) is 0 Å². The maximum absolute atomic E-state index is 9.97. The SMILES string of the molecule is O=Cc1cnnc(Cl)n1. The number of rotatable bonds is 1. The summed E-state index contributed by atoms with van der Waals surface area (Å²) in [6.07, 6.45) is 1.79. The summed E-state index contributed by atoms with van der Waals surface area (Å²) >= 11 is 5.28. The van der Waals surface area contributed by atoms with E-state index in [2.05, 4.69) is 15.2 Å². The summed E-state index contributed by atoms with van der Waals surface area (Å²) in [5.41, 5.74) is 0.190. The third-order valence-electron chi connectivity index (χ3n) is 0.672. The predicted molar refractivity (Wildman–Crippen MR) is 30.2 cm³/mol. The van der Waals surface area contributed by atoms with Gasteiger partial charge >= 0.3 is 0 Å². The van der Waals surface area contributed by atoms with Gasteiger partial charge in [0, 0.05) is 0 Å². The monoisotopic (exact) mass is 143 g/mol. The van der Waals surface area contributed by atoms with Gasteiger partial charge in [-0.2, -0.15) is 5.10 Å². The Morgan fingerprint density at radius 2 is 2.44 bits per heavy atom. The van der Waals surface area contributed by atoms with Crippen LogP contribution in [0, 0.1) is 0 Å². The van der Waals surface area contributed by atoms with Crippen molar-refractivity contribution in [1.29, 1.82) is 0 Å². The van der Waals surface area contributed by atoms with Gasteiger partial charge in [-0.15, -0.1) is 5.10 Å². The molecule has 4 nitrogen and oxygen atoms in total. The summed E-state index contributed by atoms with van der Waals surface area (Å²) in [6, 6.07) is 0. The van der Waals surface area contributed by atoms with Gasteiger partial charge in [-0.1, -0.05) is 0 Å². The van der Waals surface area contributed by atoms with E-state index in [0.717, 1.165) is 0 Å². The molecule has 1 heterocycles. The molecule has 1 rings (SSSR count). The first-order valence-corrected chi connectivity index (χ1v) is 2.51. The van der Waals surface area contributed by atoms with Crippen molar-refractivity contribution >= 4 is 17.9 Å². The molecular formula is C4H2ClN3O. The maximum atomic E-state index is 9.97. The molecule has 9 heavy (non-hydrogen) atoms. The van der Waals surface area contributed by atoms with E-state index in [-0.39, 0.29) is 11.0 Å². The fourth-order valence-corrected chi connectivity index (χ4v) is 0.491. The Labute approximate surface area is 55.9 Å². The Kier molecular flexibility index (Phi) is 1.69. The van der Waals surface area contributed by atoms with Gasteiger partial charge in [0.1, 0.15) is 5.69 Å². The zero-order valence-corrected chi connectivity index (χ0v) is 5.04. The van der Waals surface area contributed by atoms with E-state index in [9.17, 15) is 4.79 Å². The topological polar surface area (TPSA) is 55.7 Å². The Morgan fingerprint density at radius 3 is 2.89 bits per heavy atom. The van der Waals surface area contributed by atoms with Gasteiger partial charge in [-0.05, 0) is 11.6 Å². The molecule has 5 heteroatoms. The molecule has 0 aliphatic rings. The molecule has 0 aliphatic heterocycles. The second-order valence-corrected chi connectivity index (χ2v) is 1.61. The highest BCUT2D eigenvalue weighted by atomic mass is 35.5. The molecule has 0 bridgehead atoms. The van der Waals surface area contributed by atoms with E-state index < -0.39 is 0 Å². The largest absolute Gasteiger partial charge is 0.296 e. The van der Waals surface area contributed by atoms with Gasteiger partial charge in [-0.25, -0.2) is 4.98 Å². The molecule has 0 saturated carbocycles. The Bertz CT molecular complexity index is 227. The predicted octanol–water partition coefficient (Wildman–Crippen LogP) is 0.337. The number of halogens is 1. The van der Waals surface area contributed by atoms with Crippen LogP contribution in [0.2, 0.25) is 5.28 Å². The molecule has 1 aromatic heterocycles. The molecular weight excluding hydrogens is 142 g/mol. The van der Waals surface area contributed by atoms with E-state index >= 15 is 0 Å². The Balaban J connectivity index is 3.07. The highest BCUT2D eigenvalue weighted by molar-refractivity contribution is 6.28. The Morgan fingerprint density at radius 1 is 1.67 bits per heavy atom. The number of aldehydes is 1. The average Bonchev–Trinajstić information content (AvgIpc) is 1.88. The van der Waals surface area contributed by atoms with Gasteiger partial charge in [0.05, 0.1) is 6.20 Å². The van der Waals surface area contributed by atoms with Crippen molar-refractivity contribution in [3.8, 4) is 0 Å². The van der Waals surface area contributed by atoms with Crippen LogP contribution in [-0.2, 0) is 0 Å². The minimum Gasteiger partial charge on any atom is -0.296 e. The summed E-state index contributed by atoms with van der Waals surface area (Å²) in [5, 5.41) is 6.70. The molecule has 0 fully saturated rings. The number of aromatic nitrogens is 3. The fourth-order valence-electron chi connectivity index (χ4n) is 0.350. The van der Waals surface area contributed by atoms with Gasteiger partial charge in [0.15, 0.2) is 6.29 Å². The number of hydrogen-bond donors (Lipinski definition) is 0. The van der Waals surface area contributed by atoms with Crippen molar-refractivity contribution in [1.82, 2.24) is 15.2 Å². The molecule has 0 aliphatic carbocycles. The maximum Gasteiger partial charge on any atom is 0.243 e. The second kappa shape index (κ2) is 2.50. The molecule has 0 saturated heterocycles. The third kappa shape index (κ3) is 1.43. The second-order valence-electron chi connectivity index (χ2n) is 1.27. The van der Waals surface area contributed by atoms with Crippen LogP contribution in [0.4, 0.5) is 0 Å². The van der Waals surface area contributed by atoms with E-state index in [1.165, 1.54) is 6.20 Å². The standard InChI is InChI=1S/C4H2ClN3O/c5-4-7-3(2-9)1-6-8-4/h1-2H. The van der Waals surface area contributed by atoms with E-state index in [1.807, 2.05) is 0 Å². The lowest BCUT2D eigenvalue weighted by Crippen LogP contribution is -1.91. The molecule has 46 valence electrons. The zero-order chi connectivity index (χ0) is 6.69. The molecule has 0 amide bonds. The van der Waals surface area contributed by atoms with Crippen LogP contribution in [0.15, 0.2) is 6.20 Å². The summed E-state index contributed by atoms with van der Waals surface area (Å²) in [4.78, 5) is 13.5. The fraction of sp³-hybridized carbons (Fsp3) is 0. The quantitative estimate of drug-likeness (QED) is 0.532. The van der Waals surface area contributed by atoms with Crippen LogP contribution < -0.4 is 0 Å². The lowest BCUT2D eigenvalue weighted by atomic mass is 10.5. The van der Waals surface area contributed by atoms with Gasteiger partial charge in [0.25, 0.3) is 0 Å². The zero-order valence-electron chi connectivity index (χ0n) is 4.28. The highest BCUT2D eigenvalue weighted by Gasteiger charge is 1.92. The van der Waals surface area contributed by atoms with E-state index in [1.54, 1.807) is 0 Å². The summed E-state index contributed by atoms with van der Waals surface area (Å²) in [6.45, 7) is 0. The third-order valence-corrected chi connectivity index (χ3v) is 0.832. The lowest BCUT2D eigenvalue weighted by molar-refractivity contribution is 0.111. The van der Waals surface area contributed by atoms with Crippen molar-refractivity contribution in [3.05, 3.63) is 17.2 Å². The van der Waals surface area contributed by atoms with Gasteiger partial charge in [0.2, 0.25) is 5.28 Å². The van der Waals surface area contributed by atoms with Crippen LogP contribution in [0.5, 0.6) is 0 Å². The normalized spacial score (nSPS) is 9.00. The molecule has 1 aromatic rings. The van der Waals surface area contributed by atoms with Crippen molar-refractivity contribution in [2.75, 3.05) is 0 Å². The number of nitrogens with zero attached hydrogens (tertiary/aromatic N) is 3. The number of hydrogen-bond acceptors (Lipinski definition) is 4. The molecule has 0 aromatic carbocycles. The Hall–Kier alpha value is -1.03. The summed E-state index contributed by atoms with van der Waals surface area (Å²) < 4.78 is 0. The molecule has 0 unspecified atom stereocenters. The van der Waals surface area contributed by atoms with Crippen LogP contribution in [0.3, 0.4) is 0 Å². The first-order chi connectivity index (χ1) is 4.33. The minimum absolute atomic E-state index is 0.0143. The average molecular weight is 144 g/mol. The first kappa shape index (κ1) is 6.10. The van der Waals surface area contributed by atoms with Crippen molar-refractivity contribution in [3.63, 3.8) is 0 Å². The number of carbonyl (C=O) groups is 1. The summed E-state index contributed by atoms with van der Waals surface area (Å²) in [7, 11) is 0. The van der Waals surface area contributed by atoms with Gasteiger partial charge in [-0.3, -0.25) is 4.79 Å². The van der Waals surface area contributed by atoms with Crippen molar-refractivity contribution in [2.45, 2.75) is 0 Å². The highest BCUT2D eigenvalue weighted by Crippen LogP contribution is 1.94. The van der Waals surface area contributed by atoms with Crippen LogP contribution in [0.1, 0.15) is 10.5 Å². The molecule has 0 spiro atoms. The lowest BCUT2D eigenvalue weighted by Gasteiger charge is -1.85. The molecule has 0 radical (unpaired) electrons. The molecule has 0 N–H and O–H groups in total.